The summed E-state index contributed by atoms with van der Waals surface area (Å²) in [7, 11) is 0. The molecule has 21 heavy (non-hydrogen) atoms. The van der Waals surface area contributed by atoms with Gasteiger partial charge >= 0.3 is 0 Å². The van der Waals surface area contributed by atoms with Crippen molar-refractivity contribution in [1.82, 2.24) is 20.2 Å². The van der Waals surface area contributed by atoms with Gasteiger partial charge in [0, 0.05) is 30.0 Å². The fraction of sp³-hybridized carbons (Fsp3) is 0.533. The van der Waals surface area contributed by atoms with Crippen molar-refractivity contribution >= 4 is 5.95 Å². The average molecular weight is 286 g/mol. The predicted octanol–water partition coefficient (Wildman–Crippen LogP) is 1.66. The third-order valence-corrected chi connectivity index (χ3v) is 4.18. The van der Waals surface area contributed by atoms with Gasteiger partial charge in [0.15, 0.2) is 5.82 Å². The number of nitrogens with zero attached hydrogens (tertiary/aromatic N) is 4. The van der Waals surface area contributed by atoms with Crippen molar-refractivity contribution in [1.29, 1.82) is 0 Å². The Bertz CT molecular complexity index is 612. The van der Waals surface area contributed by atoms with Crippen LogP contribution in [0.1, 0.15) is 24.2 Å². The summed E-state index contributed by atoms with van der Waals surface area (Å²) >= 11 is 0. The van der Waals surface area contributed by atoms with Gasteiger partial charge in [-0.3, -0.25) is 10.1 Å². The van der Waals surface area contributed by atoms with Crippen LogP contribution >= 0.6 is 0 Å². The van der Waals surface area contributed by atoms with Crippen molar-refractivity contribution in [3.8, 4) is 11.4 Å². The minimum absolute atomic E-state index is 0.642. The molecule has 0 unspecified atom stereocenters. The number of piperidine rings is 1. The normalized spacial score (nSPS) is 16.4. The predicted molar refractivity (Wildman–Crippen MR) is 83.1 cm³/mol. The minimum atomic E-state index is 0.642. The molecule has 0 bridgehead atoms. The SMILES string of the molecule is Cc1ccc(-c2nc(N3CCC(CN)CC3)n[nH]2)c(C)n1. The first kappa shape index (κ1) is 14.0. The Morgan fingerprint density at radius 3 is 2.67 bits per heavy atom. The van der Waals surface area contributed by atoms with Crippen molar-refractivity contribution in [2.75, 3.05) is 24.5 Å². The molecule has 1 fully saturated rings. The maximum atomic E-state index is 5.73. The second kappa shape index (κ2) is 5.81. The minimum Gasteiger partial charge on any atom is -0.340 e. The Morgan fingerprint density at radius 2 is 2.00 bits per heavy atom. The highest BCUT2D eigenvalue weighted by Crippen LogP contribution is 2.23. The number of H-pyrrole nitrogens is 1. The molecule has 1 saturated heterocycles. The summed E-state index contributed by atoms with van der Waals surface area (Å²) in [5.74, 6) is 2.21. The van der Waals surface area contributed by atoms with Gasteiger partial charge in [0.2, 0.25) is 5.95 Å². The maximum Gasteiger partial charge on any atom is 0.245 e. The fourth-order valence-corrected chi connectivity index (χ4v) is 2.82. The molecular formula is C15H22N6. The molecule has 6 nitrogen and oxygen atoms in total. The van der Waals surface area contributed by atoms with Crippen molar-refractivity contribution in [3.63, 3.8) is 0 Å². The zero-order valence-corrected chi connectivity index (χ0v) is 12.6. The summed E-state index contributed by atoms with van der Waals surface area (Å²) in [6.07, 6.45) is 2.23. The van der Waals surface area contributed by atoms with Crippen LogP contribution in [0.25, 0.3) is 11.4 Å². The van der Waals surface area contributed by atoms with E-state index in [0.717, 1.165) is 61.2 Å². The van der Waals surface area contributed by atoms with Gasteiger partial charge in [-0.2, -0.15) is 4.98 Å². The molecule has 0 spiro atoms. The molecule has 0 atom stereocenters. The Kier molecular flexibility index (Phi) is 3.88. The smallest absolute Gasteiger partial charge is 0.245 e. The first-order valence-electron chi connectivity index (χ1n) is 7.49. The first-order chi connectivity index (χ1) is 10.2. The molecule has 6 heteroatoms. The highest BCUT2D eigenvalue weighted by molar-refractivity contribution is 5.59. The highest BCUT2D eigenvalue weighted by atomic mass is 15.4. The van der Waals surface area contributed by atoms with Crippen LogP contribution in [0.4, 0.5) is 5.95 Å². The standard InChI is InChI=1S/C15H22N6/c1-10-3-4-13(11(2)17-10)14-18-15(20-19-14)21-7-5-12(9-16)6-8-21/h3-4,12H,5-9,16H2,1-2H3,(H,18,19,20). The van der Waals surface area contributed by atoms with E-state index in [1.165, 1.54) is 0 Å². The molecule has 0 amide bonds. The number of rotatable bonds is 3. The number of nitrogens with one attached hydrogen (secondary N) is 1. The Balaban J connectivity index is 1.77. The maximum absolute atomic E-state index is 5.73. The van der Waals surface area contributed by atoms with Gasteiger partial charge in [0.25, 0.3) is 0 Å². The molecule has 0 radical (unpaired) electrons. The van der Waals surface area contributed by atoms with Crippen LogP contribution in [0.5, 0.6) is 0 Å². The molecule has 3 heterocycles. The number of pyridine rings is 1. The number of hydrogen-bond acceptors (Lipinski definition) is 5. The van der Waals surface area contributed by atoms with Crippen LogP contribution in [0, 0.1) is 19.8 Å². The van der Waals surface area contributed by atoms with Crippen LogP contribution < -0.4 is 10.6 Å². The van der Waals surface area contributed by atoms with Crippen molar-refractivity contribution in [2.45, 2.75) is 26.7 Å². The third-order valence-electron chi connectivity index (χ3n) is 4.18. The lowest BCUT2D eigenvalue weighted by Gasteiger charge is -2.30. The van der Waals surface area contributed by atoms with Crippen molar-refractivity contribution in [3.05, 3.63) is 23.5 Å². The molecule has 112 valence electrons. The fourth-order valence-electron chi connectivity index (χ4n) is 2.82. The van der Waals surface area contributed by atoms with E-state index in [0.29, 0.717) is 5.92 Å². The summed E-state index contributed by atoms with van der Waals surface area (Å²) < 4.78 is 0. The number of hydrogen-bond donors (Lipinski definition) is 2. The average Bonchev–Trinajstić information content (AvgIpc) is 2.97. The second-order valence-corrected chi connectivity index (χ2v) is 5.74. The zero-order valence-electron chi connectivity index (χ0n) is 12.6. The van der Waals surface area contributed by atoms with E-state index in [-0.39, 0.29) is 0 Å². The van der Waals surface area contributed by atoms with E-state index in [4.69, 9.17) is 5.73 Å². The number of aromatic amines is 1. The lowest BCUT2D eigenvalue weighted by Crippen LogP contribution is -2.36. The molecule has 3 N–H and O–H groups in total. The largest absolute Gasteiger partial charge is 0.340 e. The van der Waals surface area contributed by atoms with Crippen LogP contribution in [-0.4, -0.2) is 39.8 Å². The molecule has 0 aliphatic carbocycles. The Hall–Kier alpha value is -1.95. The molecular weight excluding hydrogens is 264 g/mol. The van der Waals surface area contributed by atoms with Crippen LogP contribution in [0.15, 0.2) is 12.1 Å². The van der Waals surface area contributed by atoms with E-state index in [9.17, 15) is 0 Å². The first-order valence-corrected chi connectivity index (χ1v) is 7.49. The molecule has 2 aromatic heterocycles. The summed E-state index contributed by atoms with van der Waals surface area (Å²) in [4.78, 5) is 11.3. The molecule has 2 aromatic rings. The van der Waals surface area contributed by atoms with Gasteiger partial charge in [-0.15, -0.1) is 5.10 Å². The highest BCUT2D eigenvalue weighted by Gasteiger charge is 2.21. The molecule has 1 aliphatic heterocycles. The number of anilines is 1. The van der Waals surface area contributed by atoms with Crippen molar-refractivity contribution in [2.24, 2.45) is 11.7 Å². The van der Waals surface area contributed by atoms with E-state index in [1.807, 2.05) is 26.0 Å². The number of aromatic nitrogens is 4. The monoisotopic (exact) mass is 286 g/mol. The van der Waals surface area contributed by atoms with E-state index < -0.39 is 0 Å². The molecule has 3 rings (SSSR count). The number of nitrogens with two attached hydrogens (primary N) is 1. The van der Waals surface area contributed by atoms with E-state index in [2.05, 4.69) is 25.1 Å². The lowest BCUT2D eigenvalue weighted by molar-refractivity contribution is 0.411. The van der Waals surface area contributed by atoms with Gasteiger partial charge in [-0.1, -0.05) is 0 Å². The van der Waals surface area contributed by atoms with Crippen LogP contribution in [0.3, 0.4) is 0 Å². The van der Waals surface area contributed by atoms with Gasteiger partial charge in [-0.25, -0.2) is 0 Å². The molecule has 0 saturated carbocycles. The Morgan fingerprint density at radius 1 is 1.24 bits per heavy atom. The van der Waals surface area contributed by atoms with Crippen LogP contribution in [0.2, 0.25) is 0 Å². The van der Waals surface area contributed by atoms with Crippen molar-refractivity contribution < 1.29 is 0 Å². The Labute approximate surface area is 124 Å². The lowest BCUT2D eigenvalue weighted by atomic mass is 9.97. The summed E-state index contributed by atoms with van der Waals surface area (Å²) in [6.45, 7) is 6.72. The zero-order chi connectivity index (χ0) is 14.8. The van der Waals surface area contributed by atoms with Crippen LogP contribution in [-0.2, 0) is 0 Å². The molecule has 1 aliphatic rings. The van der Waals surface area contributed by atoms with E-state index in [1.54, 1.807) is 0 Å². The third kappa shape index (κ3) is 2.90. The van der Waals surface area contributed by atoms with Gasteiger partial charge in [0.05, 0.1) is 0 Å². The number of aryl methyl sites for hydroxylation is 2. The summed E-state index contributed by atoms with van der Waals surface area (Å²) in [5, 5.41) is 7.40. The quantitative estimate of drug-likeness (QED) is 0.896. The van der Waals surface area contributed by atoms with Gasteiger partial charge in [0.1, 0.15) is 0 Å². The molecule has 0 aromatic carbocycles. The van der Waals surface area contributed by atoms with E-state index >= 15 is 0 Å². The second-order valence-electron chi connectivity index (χ2n) is 5.74. The van der Waals surface area contributed by atoms with Gasteiger partial charge < -0.3 is 10.6 Å². The summed E-state index contributed by atoms with van der Waals surface area (Å²) in [6, 6.07) is 4.04. The summed E-state index contributed by atoms with van der Waals surface area (Å²) in [5.41, 5.74) is 8.73. The van der Waals surface area contributed by atoms with Gasteiger partial charge in [-0.05, 0) is 51.3 Å². The topological polar surface area (TPSA) is 83.7 Å².